The third-order valence-electron chi connectivity index (χ3n) is 1.96. The molecule has 15 heavy (non-hydrogen) atoms. The molecular weight excluding hydrogens is 188 g/mol. The topological polar surface area (TPSA) is 38.5 Å². The number of carbonyl (C=O) groups is 1. The van der Waals surface area contributed by atoms with Gasteiger partial charge in [0.15, 0.2) is 5.92 Å². The van der Waals surface area contributed by atoms with E-state index in [1.165, 1.54) is 6.92 Å². The van der Waals surface area contributed by atoms with Crippen molar-refractivity contribution in [3.8, 4) is 0 Å². The molecule has 0 saturated heterocycles. The van der Waals surface area contributed by atoms with Crippen LogP contribution in [0, 0.1) is 0 Å². The number of benzene rings is 1. The summed E-state index contributed by atoms with van der Waals surface area (Å²) in [5.41, 5.74) is 0.843. The van der Waals surface area contributed by atoms with Gasteiger partial charge in [-0.3, -0.25) is 9.59 Å². The van der Waals surface area contributed by atoms with Gasteiger partial charge in [-0.1, -0.05) is 44.2 Å². The minimum atomic E-state index is -0.471. The smallest absolute Gasteiger partial charge is 0.299 e. The van der Waals surface area contributed by atoms with Gasteiger partial charge in [-0.05, 0) is 12.5 Å². The van der Waals surface area contributed by atoms with Crippen LogP contribution in [0.15, 0.2) is 30.3 Å². The Bertz CT molecular complexity index is 301. The minimum Gasteiger partial charge on any atom is -0.299 e. The molecule has 0 fully saturated rings. The van der Waals surface area contributed by atoms with Crippen LogP contribution in [0.25, 0.3) is 0 Å². The first-order chi connectivity index (χ1) is 7.13. The summed E-state index contributed by atoms with van der Waals surface area (Å²) in [7, 11) is 0. The zero-order chi connectivity index (χ0) is 11.8. The summed E-state index contributed by atoms with van der Waals surface area (Å²) in [4.78, 5) is 20.5. The Morgan fingerprint density at radius 3 is 1.93 bits per heavy atom. The van der Waals surface area contributed by atoms with Gasteiger partial charge in [-0.25, -0.2) is 0 Å². The van der Waals surface area contributed by atoms with Gasteiger partial charge in [0.25, 0.3) is 0 Å². The average Bonchev–Trinajstić information content (AvgIpc) is 2.21. The summed E-state index contributed by atoms with van der Waals surface area (Å²) in [5.74, 6) is -0.355. The highest BCUT2D eigenvalue weighted by Gasteiger charge is 2.25. The van der Waals surface area contributed by atoms with E-state index in [0.717, 1.165) is 5.56 Å². The maximum Gasteiger partial charge on any atom is 0.304 e. The maximum atomic E-state index is 11.2. The molecule has 0 aromatic heterocycles. The van der Waals surface area contributed by atoms with E-state index in [1.54, 1.807) is 6.92 Å². The molecule has 0 amide bonds. The number of carbonyl (C=O) groups excluding carboxylic acids is 2. The molecule has 1 aromatic carbocycles. The number of hydrogen-bond donors (Lipinski definition) is 0. The van der Waals surface area contributed by atoms with Crippen molar-refractivity contribution >= 4 is 11.6 Å². The lowest BCUT2D eigenvalue weighted by Crippen LogP contribution is -2.17. The van der Waals surface area contributed by atoms with Crippen molar-refractivity contribution in [2.75, 3.05) is 0 Å². The van der Waals surface area contributed by atoms with Crippen LogP contribution in [-0.2, 0) is 4.79 Å². The Kier molecular flexibility index (Phi) is 6.27. The summed E-state index contributed by atoms with van der Waals surface area (Å²) >= 11 is 0. The molecule has 0 radical (unpaired) electrons. The first-order valence-electron chi connectivity index (χ1n) is 5.20. The van der Waals surface area contributed by atoms with Crippen molar-refractivity contribution in [1.82, 2.24) is 0 Å². The fourth-order valence-electron chi connectivity index (χ4n) is 1.42. The summed E-state index contributed by atoms with van der Waals surface area (Å²) in [6.07, 6.45) is 0. The van der Waals surface area contributed by atoms with Crippen molar-refractivity contribution in [3.63, 3.8) is 0 Å². The Balaban J connectivity index is 0.000000921. The van der Waals surface area contributed by atoms with Crippen LogP contribution in [0.2, 0.25) is 0 Å². The molecule has 0 aliphatic carbocycles. The minimum absolute atomic E-state index is 0.0359. The van der Waals surface area contributed by atoms with Crippen LogP contribution in [-0.4, -0.2) is 16.4 Å². The Hall–Kier alpha value is -1.44. The van der Waals surface area contributed by atoms with Gasteiger partial charge in [-0.15, -0.1) is 0 Å². The first kappa shape index (κ1) is 13.6. The zero-order valence-corrected chi connectivity index (χ0v) is 9.82. The normalized spacial score (nSPS) is 10.9. The summed E-state index contributed by atoms with van der Waals surface area (Å²) < 4.78 is 0. The predicted molar refractivity (Wildman–Crippen MR) is 63.8 cm³/mol. The zero-order valence-electron chi connectivity index (χ0n) is 9.82. The molecule has 0 bridgehead atoms. The summed E-state index contributed by atoms with van der Waals surface area (Å²) in [5, 5.41) is 0. The molecule has 0 aliphatic rings. The fourth-order valence-corrected chi connectivity index (χ4v) is 1.42. The van der Waals surface area contributed by atoms with E-state index in [4.69, 9.17) is 0 Å². The number of hydrogen-bond acceptors (Lipinski definition) is 1. The summed E-state index contributed by atoms with van der Waals surface area (Å²) in [6, 6.07) is 9.27. The van der Waals surface area contributed by atoms with E-state index in [0.29, 0.717) is 0 Å². The van der Waals surface area contributed by atoms with Gasteiger partial charge in [0.05, 0.1) is 0 Å². The van der Waals surface area contributed by atoms with Crippen LogP contribution in [0.1, 0.15) is 39.2 Å². The molecule has 0 spiro atoms. The Morgan fingerprint density at radius 1 is 1.13 bits per heavy atom. The highest BCUT2D eigenvalue weighted by Crippen LogP contribution is 2.16. The van der Waals surface area contributed by atoms with Crippen molar-refractivity contribution in [2.45, 2.75) is 33.6 Å². The largest absolute Gasteiger partial charge is 0.304 e. The van der Waals surface area contributed by atoms with E-state index in [1.807, 2.05) is 44.2 Å². The number of ketones is 2. The Labute approximate surface area is 91.3 Å². The van der Waals surface area contributed by atoms with E-state index in [-0.39, 0.29) is 11.6 Å². The van der Waals surface area contributed by atoms with E-state index < -0.39 is 5.92 Å². The van der Waals surface area contributed by atoms with Crippen LogP contribution >= 0.6 is 0 Å². The quantitative estimate of drug-likeness (QED) is 0.554. The van der Waals surface area contributed by atoms with Crippen molar-refractivity contribution < 1.29 is 9.59 Å². The number of Topliss-reactive ketones (excluding diaryl/α,β-unsaturated/α-hetero) is 1. The molecule has 1 unspecified atom stereocenters. The predicted octanol–water partition coefficient (Wildman–Crippen LogP) is 2.95. The molecule has 2 heteroatoms. The fraction of sp³-hybridized carbons (Fsp3) is 0.385. The highest BCUT2D eigenvalue weighted by molar-refractivity contribution is 6.06. The van der Waals surface area contributed by atoms with Gasteiger partial charge in [0.1, 0.15) is 5.78 Å². The summed E-state index contributed by atoms with van der Waals surface area (Å²) in [6.45, 7) is 7.04. The van der Waals surface area contributed by atoms with Gasteiger partial charge >= 0.3 is 5.78 Å². The molecule has 0 aliphatic heterocycles. The Morgan fingerprint density at radius 2 is 1.60 bits per heavy atom. The molecule has 1 rings (SSSR count). The van der Waals surface area contributed by atoms with E-state index in [2.05, 4.69) is 0 Å². The molecule has 82 valence electrons. The highest BCUT2D eigenvalue weighted by atomic mass is 16.1. The SMILES string of the molecule is CC.CC(=O)C(C(C)=[OH+])c1ccccc1. The van der Waals surface area contributed by atoms with Crippen molar-refractivity contribution in [1.29, 1.82) is 0 Å². The molecule has 0 saturated carbocycles. The van der Waals surface area contributed by atoms with Crippen LogP contribution in [0.3, 0.4) is 0 Å². The molecule has 2 nitrogen and oxygen atoms in total. The van der Waals surface area contributed by atoms with Crippen LogP contribution < -0.4 is 0 Å². The third kappa shape index (κ3) is 4.07. The molecule has 1 N–H and O–H groups in total. The monoisotopic (exact) mass is 207 g/mol. The lowest BCUT2D eigenvalue weighted by Gasteiger charge is -2.05. The molecular formula is C13H19O2+. The average molecular weight is 207 g/mol. The third-order valence-corrected chi connectivity index (χ3v) is 1.96. The molecule has 0 heterocycles. The van der Waals surface area contributed by atoms with Gasteiger partial charge in [-0.2, -0.15) is 0 Å². The number of rotatable bonds is 3. The van der Waals surface area contributed by atoms with Gasteiger partial charge < -0.3 is 0 Å². The van der Waals surface area contributed by atoms with Crippen LogP contribution in [0.4, 0.5) is 0 Å². The second-order valence-electron chi connectivity index (χ2n) is 3.10. The van der Waals surface area contributed by atoms with Gasteiger partial charge in [0.2, 0.25) is 0 Å². The second-order valence-corrected chi connectivity index (χ2v) is 3.10. The van der Waals surface area contributed by atoms with Crippen molar-refractivity contribution in [3.05, 3.63) is 35.9 Å². The van der Waals surface area contributed by atoms with Gasteiger partial charge in [0, 0.05) is 6.92 Å². The standard InChI is InChI=1S/C11H12O2.C2H6/c1-8(12)11(9(2)13)10-6-4-3-5-7-10;1-2/h3-7,11H,1-2H3;1-2H3/p+1. The van der Waals surface area contributed by atoms with Crippen LogP contribution in [0.5, 0.6) is 0 Å². The first-order valence-corrected chi connectivity index (χ1v) is 5.20. The van der Waals surface area contributed by atoms with E-state index >= 15 is 0 Å². The molecule has 1 atom stereocenters. The molecule has 1 aromatic rings. The maximum absolute atomic E-state index is 11.2. The lowest BCUT2D eigenvalue weighted by molar-refractivity contribution is -0.117. The second kappa shape index (κ2) is 6.93. The van der Waals surface area contributed by atoms with Crippen molar-refractivity contribution in [2.24, 2.45) is 0 Å². The lowest BCUT2D eigenvalue weighted by atomic mass is 9.92. The van der Waals surface area contributed by atoms with E-state index in [9.17, 15) is 9.59 Å².